The van der Waals surface area contributed by atoms with E-state index in [0.29, 0.717) is 31.7 Å². The number of ether oxygens (including phenoxy) is 1. The molecule has 0 atom stereocenters. The van der Waals surface area contributed by atoms with E-state index in [0.717, 1.165) is 21.9 Å². The van der Waals surface area contributed by atoms with Crippen LogP contribution >= 0.6 is 10.8 Å². The molecule has 1 fully saturated rings. The third-order valence-corrected chi connectivity index (χ3v) is 8.77. The summed E-state index contributed by atoms with van der Waals surface area (Å²) in [5.74, 6) is 0.447. The van der Waals surface area contributed by atoms with E-state index in [2.05, 4.69) is 0 Å². The van der Waals surface area contributed by atoms with Crippen LogP contribution in [0.2, 0.25) is 0 Å². The van der Waals surface area contributed by atoms with Crippen molar-refractivity contribution in [2.45, 2.75) is 30.5 Å². The van der Waals surface area contributed by atoms with Gasteiger partial charge < -0.3 is 9.64 Å². The molecule has 0 unspecified atom stereocenters. The molecule has 1 heterocycles. The van der Waals surface area contributed by atoms with Gasteiger partial charge in [0, 0.05) is 18.8 Å². The Bertz CT molecular complexity index is 833. The maximum absolute atomic E-state index is 12.6. The molecule has 7 heteroatoms. The lowest BCUT2D eigenvalue weighted by Gasteiger charge is -2.30. The molecule has 2 aromatic carbocycles. The molecule has 0 bridgehead atoms. The normalized spacial score (nSPS) is 15.5. The van der Waals surface area contributed by atoms with Crippen molar-refractivity contribution in [1.82, 2.24) is 4.90 Å². The number of hydrogen-bond donors (Lipinski definition) is 0. The molecule has 1 saturated heterocycles. The van der Waals surface area contributed by atoms with E-state index < -0.39 is 14.1 Å². The van der Waals surface area contributed by atoms with Crippen molar-refractivity contribution in [1.29, 1.82) is 0 Å². The molecule has 1 aliphatic heterocycles. The maximum atomic E-state index is 12.6. The number of nitrogens with zero attached hydrogens (tertiary/aromatic N) is 1. The van der Waals surface area contributed by atoms with Crippen LogP contribution in [-0.4, -0.2) is 37.8 Å². The maximum Gasteiger partial charge on any atom is 0.410 e. The Hall–Kier alpha value is -1.99. The number of rotatable bonds is 6. The Balaban J connectivity index is 1.45. The first-order valence-electron chi connectivity index (χ1n) is 8.92. The first-order chi connectivity index (χ1) is 13.0. The van der Waals surface area contributed by atoms with Gasteiger partial charge in [0.2, 0.25) is 8.87 Å². The fourth-order valence-corrected chi connectivity index (χ4v) is 6.49. The second-order valence-corrected chi connectivity index (χ2v) is 10.7. The zero-order valence-electron chi connectivity index (χ0n) is 15.0. The average molecular weight is 406 g/mol. The third-order valence-electron chi connectivity index (χ3n) is 4.55. The summed E-state index contributed by atoms with van der Waals surface area (Å²) in [6, 6.07) is 19.1. The summed E-state index contributed by atoms with van der Waals surface area (Å²) in [4.78, 5) is 13.8. The zero-order chi connectivity index (χ0) is 19.1. The van der Waals surface area contributed by atoms with Crippen LogP contribution in [0, 0.1) is 0 Å². The van der Waals surface area contributed by atoms with Gasteiger partial charge in [-0.15, -0.1) is 0 Å². The molecule has 1 aliphatic rings. The number of carbonyl (C=O) groups excluding carboxylic acids is 1. The molecule has 0 aliphatic carbocycles. The van der Waals surface area contributed by atoms with Gasteiger partial charge in [-0.2, -0.15) is 0 Å². The smallest absolute Gasteiger partial charge is 0.410 e. The topological polar surface area (TPSA) is 63.7 Å². The highest BCUT2D eigenvalue weighted by Gasteiger charge is 2.32. The summed E-state index contributed by atoms with van der Waals surface area (Å²) in [5.41, 5.74) is 1.92. The fraction of sp³-hybridized carbons (Fsp3) is 0.350. The van der Waals surface area contributed by atoms with Crippen LogP contribution in [0.15, 0.2) is 60.7 Å². The van der Waals surface area contributed by atoms with Gasteiger partial charge in [-0.05, 0) is 34.8 Å². The zero-order valence-corrected chi connectivity index (χ0v) is 16.6. The van der Waals surface area contributed by atoms with Crippen LogP contribution in [-0.2, 0) is 26.0 Å². The quantitative estimate of drug-likeness (QED) is 0.679. The van der Waals surface area contributed by atoms with Gasteiger partial charge in [-0.25, -0.2) is 13.2 Å². The van der Waals surface area contributed by atoms with Gasteiger partial charge in [0.25, 0.3) is 0 Å². The van der Waals surface area contributed by atoms with Crippen LogP contribution in [0.1, 0.15) is 24.0 Å². The van der Waals surface area contributed by atoms with Crippen LogP contribution in [0.4, 0.5) is 4.79 Å². The molecule has 27 heavy (non-hydrogen) atoms. The lowest BCUT2D eigenvalue weighted by atomic mass is 10.1. The number of benzene rings is 2. The molecule has 1 amide bonds. The van der Waals surface area contributed by atoms with Gasteiger partial charge in [-0.3, -0.25) is 0 Å². The first-order valence-corrected chi connectivity index (χ1v) is 12.0. The predicted molar refractivity (Wildman–Crippen MR) is 108 cm³/mol. The van der Waals surface area contributed by atoms with Gasteiger partial charge >= 0.3 is 6.09 Å². The molecule has 0 aromatic heterocycles. The standard InChI is InChI=1S/C20H23NO4S2/c22-20(25-15-17-7-3-1-4-8-17)21-13-11-19(12-14-21)27(23,24)26-16-18-9-5-2-6-10-18/h1-10,19H,11-16H2. The Morgan fingerprint density at radius 3 is 2.11 bits per heavy atom. The van der Waals surface area contributed by atoms with Crippen LogP contribution in [0.5, 0.6) is 0 Å². The van der Waals surface area contributed by atoms with E-state index >= 15 is 0 Å². The monoisotopic (exact) mass is 405 g/mol. The fourth-order valence-electron chi connectivity index (χ4n) is 2.96. The summed E-state index contributed by atoms with van der Waals surface area (Å²) < 4.78 is 30.5. The number of likely N-dealkylation sites (tertiary alicyclic amines) is 1. The van der Waals surface area contributed by atoms with Crippen molar-refractivity contribution in [2.75, 3.05) is 13.1 Å². The predicted octanol–water partition coefficient (Wildman–Crippen LogP) is 4.05. The number of hydrogen-bond acceptors (Lipinski definition) is 5. The summed E-state index contributed by atoms with van der Waals surface area (Å²) >= 11 is 0. The van der Waals surface area contributed by atoms with Crippen molar-refractivity contribution in [3.8, 4) is 0 Å². The second-order valence-electron chi connectivity index (χ2n) is 6.47. The Labute approximate surface area is 164 Å². The lowest BCUT2D eigenvalue weighted by Crippen LogP contribution is -2.42. The molecule has 0 radical (unpaired) electrons. The second kappa shape index (κ2) is 9.28. The van der Waals surface area contributed by atoms with Crippen LogP contribution < -0.4 is 0 Å². The minimum Gasteiger partial charge on any atom is -0.445 e. The first kappa shape index (κ1) is 19.8. The SMILES string of the molecule is O=C(OCc1ccccc1)N1CCC(S(=O)(=O)SCc2ccccc2)CC1. The van der Waals surface area contributed by atoms with Crippen molar-refractivity contribution < 1.29 is 17.9 Å². The van der Waals surface area contributed by atoms with Crippen LogP contribution in [0.25, 0.3) is 0 Å². The van der Waals surface area contributed by atoms with Gasteiger partial charge in [-0.1, -0.05) is 60.7 Å². The number of carbonyl (C=O) groups is 1. The summed E-state index contributed by atoms with van der Waals surface area (Å²) in [7, 11) is -2.26. The summed E-state index contributed by atoms with van der Waals surface area (Å²) in [5, 5.41) is -0.413. The molecule has 0 saturated carbocycles. The minimum absolute atomic E-state index is 0.227. The van der Waals surface area contributed by atoms with E-state index in [9.17, 15) is 13.2 Å². The number of amides is 1. The highest BCUT2D eigenvalue weighted by Crippen LogP contribution is 2.29. The van der Waals surface area contributed by atoms with E-state index in [1.807, 2.05) is 60.7 Å². The molecular formula is C20H23NO4S2. The largest absolute Gasteiger partial charge is 0.445 e. The molecule has 144 valence electrons. The third kappa shape index (κ3) is 5.74. The highest BCUT2D eigenvalue weighted by atomic mass is 33.1. The molecule has 5 nitrogen and oxygen atoms in total. The Kier molecular flexibility index (Phi) is 6.79. The molecule has 2 aromatic rings. The molecule has 3 rings (SSSR count). The molecule has 0 N–H and O–H groups in total. The van der Waals surface area contributed by atoms with E-state index in [4.69, 9.17) is 4.74 Å². The van der Waals surface area contributed by atoms with Gasteiger partial charge in [0.1, 0.15) is 6.61 Å². The van der Waals surface area contributed by atoms with E-state index in [1.54, 1.807) is 4.90 Å². The van der Waals surface area contributed by atoms with E-state index in [-0.39, 0.29) is 12.7 Å². The number of piperidine rings is 1. The van der Waals surface area contributed by atoms with E-state index in [1.165, 1.54) is 0 Å². The van der Waals surface area contributed by atoms with Crippen molar-refractivity contribution >= 4 is 25.8 Å². The minimum atomic E-state index is -3.25. The molecule has 0 spiro atoms. The highest BCUT2D eigenvalue weighted by molar-refractivity contribution is 8.71. The van der Waals surface area contributed by atoms with Crippen molar-refractivity contribution in [3.05, 3.63) is 71.8 Å². The summed E-state index contributed by atoms with van der Waals surface area (Å²) in [6.45, 7) is 1.04. The summed E-state index contributed by atoms with van der Waals surface area (Å²) in [6.07, 6.45) is 0.515. The Morgan fingerprint density at radius 1 is 0.963 bits per heavy atom. The lowest BCUT2D eigenvalue weighted by molar-refractivity contribution is 0.0898. The van der Waals surface area contributed by atoms with Gasteiger partial charge in [0.05, 0.1) is 5.25 Å². The van der Waals surface area contributed by atoms with Crippen LogP contribution in [0.3, 0.4) is 0 Å². The Morgan fingerprint density at radius 2 is 1.52 bits per heavy atom. The van der Waals surface area contributed by atoms with Crippen molar-refractivity contribution in [2.24, 2.45) is 0 Å². The molecular weight excluding hydrogens is 382 g/mol. The average Bonchev–Trinajstić information content (AvgIpc) is 2.72. The van der Waals surface area contributed by atoms with Gasteiger partial charge in [0.15, 0.2) is 0 Å². The van der Waals surface area contributed by atoms with Crippen molar-refractivity contribution in [3.63, 3.8) is 0 Å².